The van der Waals surface area contributed by atoms with Gasteiger partial charge in [-0.1, -0.05) is 0 Å². The van der Waals surface area contributed by atoms with Crippen LogP contribution in [0.25, 0.3) is 0 Å². The third kappa shape index (κ3) is 2.72. The number of carbonyl (C=O) groups is 3. The molecular formula is C20H22N2O5. The van der Waals surface area contributed by atoms with Crippen molar-refractivity contribution >= 4 is 23.5 Å². The lowest BCUT2D eigenvalue weighted by molar-refractivity contribution is -0.145. The molecule has 0 spiro atoms. The molecule has 1 aromatic rings. The van der Waals surface area contributed by atoms with Crippen LogP contribution >= 0.6 is 0 Å². The summed E-state index contributed by atoms with van der Waals surface area (Å²) in [4.78, 5) is 39.1. The van der Waals surface area contributed by atoms with Gasteiger partial charge >= 0.3 is 5.97 Å². The average molecular weight is 370 g/mol. The van der Waals surface area contributed by atoms with Crippen molar-refractivity contribution in [3.8, 4) is 0 Å². The second kappa shape index (κ2) is 6.34. The van der Waals surface area contributed by atoms with Crippen LogP contribution in [0, 0.1) is 23.7 Å². The van der Waals surface area contributed by atoms with E-state index in [9.17, 15) is 14.4 Å². The summed E-state index contributed by atoms with van der Waals surface area (Å²) >= 11 is 0. The highest BCUT2D eigenvalue weighted by Gasteiger charge is 2.63. The van der Waals surface area contributed by atoms with Gasteiger partial charge in [0.1, 0.15) is 6.10 Å². The van der Waals surface area contributed by atoms with Gasteiger partial charge in [-0.25, -0.2) is 0 Å². The molecule has 5 rings (SSSR count). The SMILES string of the molecule is O=C1O[C@H]2C[C@@H]3C[C@H]2[C@@H]1[C@H]3C(=O)Nc1ccc(C(=O)N2CCOCC2)cc1. The van der Waals surface area contributed by atoms with Crippen molar-refractivity contribution < 1.29 is 23.9 Å². The number of nitrogens with zero attached hydrogens (tertiary/aromatic N) is 1. The average Bonchev–Trinajstić information content (AvgIpc) is 3.31. The van der Waals surface area contributed by atoms with Gasteiger partial charge in [-0.3, -0.25) is 14.4 Å². The molecular weight excluding hydrogens is 348 g/mol. The largest absolute Gasteiger partial charge is 0.462 e. The van der Waals surface area contributed by atoms with Gasteiger partial charge in [0.2, 0.25) is 5.91 Å². The van der Waals surface area contributed by atoms with Crippen molar-refractivity contribution in [2.24, 2.45) is 23.7 Å². The Morgan fingerprint density at radius 1 is 1.07 bits per heavy atom. The van der Waals surface area contributed by atoms with Crippen LogP contribution in [0.4, 0.5) is 5.69 Å². The van der Waals surface area contributed by atoms with Crippen LogP contribution in [-0.4, -0.2) is 55.1 Å². The minimum atomic E-state index is -0.295. The molecule has 142 valence electrons. The van der Waals surface area contributed by atoms with Crippen molar-refractivity contribution in [2.45, 2.75) is 18.9 Å². The zero-order valence-corrected chi connectivity index (χ0v) is 14.9. The van der Waals surface area contributed by atoms with E-state index in [-0.39, 0.29) is 47.6 Å². The Balaban J connectivity index is 1.25. The number of morpholine rings is 1. The van der Waals surface area contributed by atoms with E-state index in [1.807, 2.05) is 0 Å². The Bertz CT molecular complexity index is 784. The number of ether oxygens (including phenoxy) is 2. The summed E-state index contributed by atoms with van der Waals surface area (Å²) in [5.74, 6) is -0.477. The predicted molar refractivity (Wildman–Crippen MR) is 94.9 cm³/mol. The molecule has 2 bridgehead atoms. The zero-order valence-electron chi connectivity index (χ0n) is 14.9. The summed E-state index contributed by atoms with van der Waals surface area (Å²) < 4.78 is 10.7. The molecule has 0 unspecified atom stereocenters. The van der Waals surface area contributed by atoms with Crippen molar-refractivity contribution in [1.82, 2.24) is 4.90 Å². The van der Waals surface area contributed by atoms with Gasteiger partial charge in [0.15, 0.2) is 0 Å². The first-order chi connectivity index (χ1) is 13.1. The first-order valence-electron chi connectivity index (χ1n) is 9.60. The molecule has 2 saturated heterocycles. The van der Waals surface area contributed by atoms with E-state index >= 15 is 0 Å². The zero-order chi connectivity index (χ0) is 18.5. The highest BCUT2D eigenvalue weighted by molar-refractivity contribution is 5.98. The number of nitrogens with one attached hydrogen (secondary N) is 1. The number of amides is 2. The molecule has 1 aromatic carbocycles. The highest BCUT2D eigenvalue weighted by Crippen LogP contribution is 2.57. The standard InChI is InChI=1S/C20H22N2O5/c23-18(16-12-9-14-15(10-12)27-20(25)17(14)16)21-13-3-1-11(2-4-13)19(24)22-5-7-26-8-6-22/h1-4,12,14-17H,5-10H2,(H,21,23)/t12-,14+,15-,16-,17+/m0/s1. The topological polar surface area (TPSA) is 84.9 Å². The summed E-state index contributed by atoms with van der Waals surface area (Å²) in [5, 5.41) is 2.93. The molecule has 7 nitrogen and oxygen atoms in total. The first-order valence-corrected chi connectivity index (χ1v) is 9.60. The molecule has 7 heteroatoms. The summed E-state index contributed by atoms with van der Waals surface area (Å²) in [6, 6.07) is 6.95. The quantitative estimate of drug-likeness (QED) is 0.811. The van der Waals surface area contributed by atoms with Crippen molar-refractivity contribution in [2.75, 3.05) is 31.6 Å². The van der Waals surface area contributed by atoms with E-state index in [0.717, 1.165) is 12.8 Å². The van der Waals surface area contributed by atoms with Crippen LogP contribution in [0.2, 0.25) is 0 Å². The monoisotopic (exact) mass is 370 g/mol. The fourth-order valence-corrected chi connectivity index (χ4v) is 5.23. The molecule has 2 aliphatic heterocycles. The number of rotatable bonds is 3. The van der Waals surface area contributed by atoms with Gasteiger partial charge in [-0.15, -0.1) is 0 Å². The fraction of sp³-hybridized carbons (Fsp3) is 0.550. The number of anilines is 1. The number of benzene rings is 1. The van der Waals surface area contributed by atoms with Crippen LogP contribution in [0.5, 0.6) is 0 Å². The molecule has 2 heterocycles. The maximum Gasteiger partial charge on any atom is 0.310 e. The third-order valence-electron chi connectivity index (χ3n) is 6.48. The second-order valence-corrected chi connectivity index (χ2v) is 7.89. The van der Waals surface area contributed by atoms with Gasteiger partial charge in [-0.2, -0.15) is 0 Å². The number of esters is 1. The van der Waals surface area contributed by atoms with Crippen LogP contribution < -0.4 is 5.32 Å². The Kier molecular flexibility index (Phi) is 3.93. The van der Waals surface area contributed by atoms with Gasteiger partial charge in [0.25, 0.3) is 5.91 Å². The summed E-state index contributed by atoms with van der Waals surface area (Å²) in [6.07, 6.45) is 1.74. The Labute approximate surface area is 157 Å². The molecule has 2 saturated carbocycles. The highest BCUT2D eigenvalue weighted by atomic mass is 16.6. The van der Waals surface area contributed by atoms with Crippen LogP contribution in [0.3, 0.4) is 0 Å². The summed E-state index contributed by atoms with van der Waals surface area (Å²) in [5.41, 5.74) is 1.24. The maximum atomic E-state index is 12.8. The van der Waals surface area contributed by atoms with E-state index in [1.165, 1.54) is 0 Å². The Morgan fingerprint density at radius 3 is 2.56 bits per heavy atom. The van der Waals surface area contributed by atoms with Crippen molar-refractivity contribution in [3.05, 3.63) is 29.8 Å². The van der Waals surface area contributed by atoms with Gasteiger partial charge < -0.3 is 19.7 Å². The molecule has 5 atom stereocenters. The van der Waals surface area contributed by atoms with Gasteiger partial charge in [0, 0.05) is 30.3 Å². The maximum absolute atomic E-state index is 12.8. The van der Waals surface area contributed by atoms with Crippen molar-refractivity contribution in [3.63, 3.8) is 0 Å². The van der Waals surface area contributed by atoms with E-state index in [4.69, 9.17) is 9.47 Å². The number of hydrogen-bond donors (Lipinski definition) is 1. The molecule has 27 heavy (non-hydrogen) atoms. The molecule has 4 fully saturated rings. The normalized spacial score (nSPS) is 33.9. The summed E-state index contributed by atoms with van der Waals surface area (Å²) in [6.45, 7) is 2.32. The van der Waals surface area contributed by atoms with Crippen LogP contribution in [-0.2, 0) is 19.1 Å². The fourth-order valence-electron chi connectivity index (χ4n) is 5.23. The molecule has 2 amide bonds. The first kappa shape index (κ1) is 16.7. The number of carbonyl (C=O) groups excluding carboxylic acids is 3. The van der Waals surface area contributed by atoms with E-state index in [0.29, 0.717) is 37.6 Å². The molecule has 0 aromatic heterocycles. The van der Waals surface area contributed by atoms with E-state index < -0.39 is 0 Å². The molecule has 4 aliphatic rings. The minimum absolute atomic E-state index is 0.0241. The lowest BCUT2D eigenvalue weighted by Crippen LogP contribution is -2.40. The molecule has 2 aliphatic carbocycles. The molecule has 0 radical (unpaired) electrons. The summed E-state index contributed by atoms with van der Waals surface area (Å²) in [7, 11) is 0. The minimum Gasteiger partial charge on any atom is -0.462 e. The second-order valence-electron chi connectivity index (χ2n) is 7.89. The third-order valence-corrected chi connectivity index (χ3v) is 6.48. The van der Waals surface area contributed by atoms with Gasteiger partial charge in [0.05, 0.1) is 25.0 Å². The number of fused-ring (bicyclic) bond motifs is 1. The molecule has 1 N–H and O–H groups in total. The van der Waals surface area contributed by atoms with Gasteiger partial charge in [-0.05, 0) is 43.0 Å². The predicted octanol–water partition coefficient (Wildman–Crippen LogP) is 1.30. The van der Waals surface area contributed by atoms with Crippen LogP contribution in [0.1, 0.15) is 23.2 Å². The Morgan fingerprint density at radius 2 is 1.81 bits per heavy atom. The lowest BCUT2D eigenvalue weighted by Gasteiger charge is -2.27. The van der Waals surface area contributed by atoms with Crippen molar-refractivity contribution in [1.29, 1.82) is 0 Å². The smallest absolute Gasteiger partial charge is 0.310 e. The van der Waals surface area contributed by atoms with E-state index in [2.05, 4.69) is 5.32 Å². The lowest BCUT2D eigenvalue weighted by atomic mass is 9.79. The van der Waals surface area contributed by atoms with Crippen LogP contribution in [0.15, 0.2) is 24.3 Å². The number of hydrogen-bond acceptors (Lipinski definition) is 5. The Hall–Kier alpha value is -2.41. The van der Waals surface area contributed by atoms with E-state index in [1.54, 1.807) is 29.2 Å².